The maximum atomic E-state index is 13.2. The minimum atomic E-state index is -0.946. The van der Waals surface area contributed by atoms with Crippen LogP contribution in [0.5, 0.6) is 0 Å². The second-order valence-corrected chi connectivity index (χ2v) is 6.60. The molecule has 3 rings (SSSR count). The molecule has 7 nitrogen and oxygen atoms in total. The van der Waals surface area contributed by atoms with Crippen LogP contribution in [0, 0.1) is 5.82 Å². The van der Waals surface area contributed by atoms with Gasteiger partial charge in [0, 0.05) is 20.2 Å². The molecule has 0 unspecified atom stereocenters. The largest absolute Gasteiger partial charge is 0.383 e. The van der Waals surface area contributed by atoms with Gasteiger partial charge in [-0.15, -0.1) is 0 Å². The Bertz CT molecular complexity index is 873. The summed E-state index contributed by atoms with van der Waals surface area (Å²) in [5.41, 5.74) is 1.19. The first-order chi connectivity index (χ1) is 14.0. The third-order valence-corrected chi connectivity index (χ3v) is 4.65. The second kappa shape index (κ2) is 9.29. The Labute approximate surface area is 168 Å². The van der Waals surface area contributed by atoms with E-state index in [2.05, 4.69) is 5.32 Å². The molecule has 8 heteroatoms. The molecule has 0 aliphatic carbocycles. The summed E-state index contributed by atoms with van der Waals surface area (Å²) in [6, 6.07) is 12.9. The van der Waals surface area contributed by atoms with Gasteiger partial charge in [0.1, 0.15) is 11.9 Å². The van der Waals surface area contributed by atoms with Crippen LogP contribution in [0.4, 0.5) is 14.9 Å². The molecule has 152 valence electrons. The van der Waals surface area contributed by atoms with Crippen LogP contribution < -0.4 is 10.2 Å². The number of carbonyl (C=O) groups is 3. The molecule has 29 heavy (non-hydrogen) atoms. The van der Waals surface area contributed by atoms with E-state index in [1.165, 1.54) is 36.3 Å². The summed E-state index contributed by atoms with van der Waals surface area (Å²) in [5.74, 6) is -1.34. The zero-order chi connectivity index (χ0) is 20.8. The van der Waals surface area contributed by atoms with Gasteiger partial charge in [-0.2, -0.15) is 0 Å². The molecule has 1 aliphatic heterocycles. The van der Waals surface area contributed by atoms with Crippen LogP contribution in [0.25, 0.3) is 0 Å². The van der Waals surface area contributed by atoms with Crippen molar-refractivity contribution in [2.45, 2.75) is 19.0 Å². The van der Waals surface area contributed by atoms with E-state index in [0.717, 1.165) is 10.5 Å². The van der Waals surface area contributed by atoms with E-state index in [4.69, 9.17) is 4.74 Å². The predicted molar refractivity (Wildman–Crippen MR) is 105 cm³/mol. The smallest absolute Gasteiger partial charge is 0.332 e. The van der Waals surface area contributed by atoms with Crippen LogP contribution in [0.3, 0.4) is 0 Å². The number of hydrogen-bond acceptors (Lipinski definition) is 4. The molecule has 0 radical (unpaired) electrons. The Morgan fingerprint density at radius 1 is 1.10 bits per heavy atom. The zero-order valence-corrected chi connectivity index (χ0v) is 16.0. The van der Waals surface area contributed by atoms with Gasteiger partial charge < -0.3 is 15.0 Å². The number of halogens is 1. The highest BCUT2D eigenvalue weighted by Crippen LogP contribution is 2.27. The lowest BCUT2D eigenvalue weighted by Crippen LogP contribution is -2.41. The summed E-state index contributed by atoms with van der Waals surface area (Å²) in [6.07, 6.45) is -0.168. The van der Waals surface area contributed by atoms with Crippen LogP contribution in [0.1, 0.15) is 12.0 Å². The lowest BCUT2D eigenvalue weighted by Gasteiger charge is -2.21. The number of anilines is 1. The fourth-order valence-corrected chi connectivity index (χ4v) is 3.15. The fourth-order valence-electron chi connectivity index (χ4n) is 3.15. The van der Waals surface area contributed by atoms with E-state index < -0.39 is 23.8 Å². The average molecular weight is 399 g/mol. The summed E-state index contributed by atoms with van der Waals surface area (Å²) in [5, 5.41) is 2.77. The summed E-state index contributed by atoms with van der Waals surface area (Å²) in [6.45, 7) is 0.710. The van der Waals surface area contributed by atoms with E-state index in [0.29, 0.717) is 6.54 Å². The maximum absolute atomic E-state index is 13.2. The van der Waals surface area contributed by atoms with Gasteiger partial charge in [-0.1, -0.05) is 30.3 Å². The number of nitrogens with zero attached hydrogens (tertiary/aromatic N) is 2. The van der Waals surface area contributed by atoms with Gasteiger partial charge in [-0.3, -0.25) is 9.59 Å². The van der Waals surface area contributed by atoms with Crippen molar-refractivity contribution in [3.05, 3.63) is 66.0 Å². The number of ether oxygens (including phenoxy) is 1. The molecule has 1 fully saturated rings. The Morgan fingerprint density at radius 2 is 1.79 bits per heavy atom. The number of methoxy groups -OCH3 is 1. The summed E-state index contributed by atoms with van der Waals surface area (Å²) in [7, 11) is 1.49. The minimum Gasteiger partial charge on any atom is -0.383 e. The molecule has 1 N–H and O–H groups in total. The molecule has 2 aromatic carbocycles. The van der Waals surface area contributed by atoms with Gasteiger partial charge in [-0.05, 0) is 29.8 Å². The monoisotopic (exact) mass is 399 g/mol. The van der Waals surface area contributed by atoms with Crippen molar-refractivity contribution in [2.24, 2.45) is 0 Å². The lowest BCUT2D eigenvalue weighted by molar-refractivity contribution is -0.127. The van der Waals surface area contributed by atoms with Crippen LogP contribution >= 0.6 is 0 Å². The highest BCUT2D eigenvalue weighted by molar-refractivity contribution is 6.22. The Morgan fingerprint density at radius 3 is 2.45 bits per heavy atom. The van der Waals surface area contributed by atoms with E-state index in [1.54, 1.807) is 0 Å². The number of imide groups is 1. The van der Waals surface area contributed by atoms with Crippen molar-refractivity contribution < 1.29 is 23.5 Å². The number of nitrogens with one attached hydrogen (secondary N) is 1. The maximum Gasteiger partial charge on any atom is 0.332 e. The quantitative estimate of drug-likeness (QED) is 0.691. The van der Waals surface area contributed by atoms with Crippen molar-refractivity contribution in [3.8, 4) is 0 Å². The van der Waals surface area contributed by atoms with Crippen molar-refractivity contribution in [1.29, 1.82) is 0 Å². The number of urea groups is 1. The molecular formula is C21H22FN3O4. The fraction of sp³-hybridized carbons (Fsp3) is 0.286. The predicted octanol–water partition coefficient (Wildman–Crippen LogP) is 2.32. The SMILES string of the molecule is COCCN1C(=O)N(c2ccc(F)cc2)C(=O)[C@H]1CC(=O)NCc1ccccc1. The van der Waals surface area contributed by atoms with Gasteiger partial charge in [0.2, 0.25) is 5.91 Å². The second-order valence-electron chi connectivity index (χ2n) is 6.60. The van der Waals surface area contributed by atoms with Gasteiger partial charge in [0.25, 0.3) is 5.91 Å². The number of benzene rings is 2. The molecular weight excluding hydrogens is 377 g/mol. The Hall–Kier alpha value is -3.26. The number of rotatable bonds is 8. The molecule has 0 bridgehead atoms. The average Bonchev–Trinajstić information content (AvgIpc) is 2.96. The highest BCUT2D eigenvalue weighted by Gasteiger charge is 2.46. The lowest BCUT2D eigenvalue weighted by atomic mass is 10.1. The van der Waals surface area contributed by atoms with Crippen LogP contribution in [-0.4, -0.2) is 49.0 Å². The molecule has 0 saturated carbocycles. The van der Waals surface area contributed by atoms with Gasteiger partial charge in [0.05, 0.1) is 18.7 Å². The normalized spacial score (nSPS) is 16.4. The molecule has 4 amide bonds. The van der Waals surface area contributed by atoms with E-state index >= 15 is 0 Å². The third-order valence-electron chi connectivity index (χ3n) is 4.65. The third kappa shape index (κ3) is 4.78. The number of carbonyl (C=O) groups excluding carboxylic acids is 3. The van der Waals surface area contributed by atoms with E-state index in [-0.39, 0.29) is 31.2 Å². The molecule has 0 aromatic heterocycles. The van der Waals surface area contributed by atoms with E-state index in [1.807, 2.05) is 30.3 Å². The molecule has 1 heterocycles. The molecule has 1 aliphatic rings. The standard InChI is InChI=1S/C21H22FN3O4/c1-29-12-11-24-18(13-19(26)23-14-15-5-3-2-4-6-15)20(27)25(21(24)28)17-9-7-16(22)8-10-17/h2-10,18H,11-14H2,1H3,(H,23,26)/t18-/m1/s1. The highest BCUT2D eigenvalue weighted by atomic mass is 19.1. The van der Waals surface area contributed by atoms with Crippen molar-refractivity contribution in [3.63, 3.8) is 0 Å². The summed E-state index contributed by atoms with van der Waals surface area (Å²) >= 11 is 0. The van der Waals surface area contributed by atoms with Crippen molar-refractivity contribution in [2.75, 3.05) is 25.2 Å². The van der Waals surface area contributed by atoms with Gasteiger partial charge in [-0.25, -0.2) is 14.1 Å². The first-order valence-electron chi connectivity index (χ1n) is 9.21. The topological polar surface area (TPSA) is 79.0 Å². The molecule has 0 spiro atoms. The first kappa shape index (κ1) is 20.5. The van der Waals surface area contributed by atoms with E-state index in [9.17, 15) is 18.8 Å². The number of hydrogen-bond donors (Lipinski definition) is 1. The van der Waals surface area contributed by atoms with Gasteiger partial charge >= 0.3 is 6.03 Å². The molecule has 1 saturated heterocycles. The van der Waals surface area contributed by atoms with Crippen LogP contribution in [-0.2, 0) is 20.9 Å². The Balaban J connectivity index is 1.73. The summed E-state index contributed by atoms with van der Waals surface area (Å²) in [4.78, 5) is 40.5. The van der Waals surface area contributed by atoms with Crippen molar-refractivity contribution >= 4 is 23.5 Å². The molecule has 1 atom stereocenters. The van der Waals surface area contributed by atoms with Crippen molar-refractivity contribution in [1.82, 2.24) is 10.2 Å². The summed E-state index contributed by atoms with van der Waals surface area (Å²) < 4.78 is 18.2. The zero-order valence-electron chi connectivity index (χ0n) is 16.0. The van der Waals surface area contributed by atoms with Gasteiger partial charge in [0.15, 0.2) is 0 Å². The first-order valence-corrected chi connectivity index (χ1v) is 9.21. The molecule has 2 aromatic rings. The minimum absolute atomic E-state index is 0.162. The van der Waals surface area contributed by atoms with Crippen LogP contribution in [0.15, 0.2) is 54.6 Å². The number of amides is 4. The Kier molecular flexibility index (Phi) is 6.56. The van der Waals surface area contributed by atoms with Crippen LogP contribution in [0.2, 0.25) is 0 Å².